The van der Waals surface area contributed by atoms with Crippen LogP contribution in [0.2, 0.25) is 0 Å². The highest BCUT2D eigenvalue weighted by Crippen LogP contribution is 2.28. The van der Waals surface area contributed by atoms with E-state index in [2.05, 4.69) is 20.8 Å². The van der Waals surface area contributed by atoms with Gasteiger partial charge < -0.3 is 9.84 Å². The van der Waals surface area contributed by atoms with Gasteiger partial charge in [0, 0.05) is 6.54 Å². The molecule has 0 bridgehead atoms. The van der Waals surface area contributed by atoms with E-state index in [1.54, 1.807) is 4.90 Å². The molecule has 0 aromatic carbocycles. The molecule has 1 aliphatic rings. The monoisotopic (exact) mass is 201 g/mol. The molecule has 1 N–H and O–H groups in total. The average Bonchev–Trinajstić information content (AvgIpc) is 2.32. The van der Waals surface area contributed by atoms with Gasteiger partial charge in [-0.1, -0.05) is 20.8 Å². The van der Waals surface area contributed by atoms with E-state index in [9.17, 15) is 9.90 Å². The molecule has 0 spiro atoms. The molecule has 1 fully saturated rings. The molecule has 4 heteroatoms. The molecule has 1 amide bonds. The van der Waals surface area contributed by atoms with Crippen molar-refractivity contribution >= 4 is 6.09 Å². The summed E-state index contributed by atoms with van der Waals surface area (Å²) in [5.74, 6) is 0. The zero-order valence-corrected chi connectivity index (χ0v) is 9.33. The van der Waals surface area contributed by atoms with E-state index in [0.29, 0.717) is 6.54 Å². The van der Waals surface area contributed by atoms with Gasteiger partial charge >= 0.3 is 6.09 Å². The number of amides is 1. The molecule has 14 heavy (non-hydrogen) atoms. The summed E-state index contributed by atoms with van der Waals surface area (Å²) >= 11 is 0. The molecule has 1 atom stereocenters. The Morgan fingerprint density at radius 3 is 2.57 bits per heavy atom. The quantitative estimate of drug-likeness (QED) is 0.731. The number of aliphatic hydroxyl groups is 1. The number of hydrogen-bond acceptors (Lipinski definition) is 3. The van der Waals surface area contributed by atoms with E-state index >= 15 is 0 Å². The number of aliphatic hydroxyl groups excluding tert-OH is 1. The van der Waals surface area contributed by atoms with Crippen LogP contribution in [0.4, 0.5) is 4.79 Å². The molecule has 1 rings (SSSR count). The molecule has 4 nitrogen and oxygen atoms in total. The number of rotatable bonds is 2. The summed E-state index contributed by atoms with van der Waals surface area (Å²) in [4.78, 5) is 13.0. The third-order valence-corrected chi connectivity index (χ3v) is 2.35. The number of ether oxygens (including phenoxy) is 1. The Kier molecular flexibility index (Phi) is 2.76. The molecule has 1 heterocycles. The summed E-state index contributed by atoms with van der Waals surface area (Å²) < 4.78 is 4.94. The lowest BCUT2D eigenvalue weighted by atomic mass is 9.93. The van der Waals surface area contributed by atoms with Crippen LogP contribution in [0.3, 0.4) is 0 Å². The fourth-order valence-electron chi connectivity index (χ4n) is 1.45. The molecule has 1 unspecified atom stereocenters. The predicted molar refractivity (Wildman–Crippen MR) is 53.0 cm³/mol. The highest BCUT2D eigenvalue weighted by Gasteiger charge is 2.44. The normalized spacial score (nSPS) is 28.1. The van der Waals surface area contributed by atoms with Crippen molar-refractivity contribution < 1.29 is 14.6 Å². The van der Waals surface area contributed by atoms with Crippen molar-refractivity contribution in [3.05, 3.63) is 0 Å². The number of carbonyl (C=O) groups is 1. The lowest BCUT2D eigenvalue weighted by Crippen LogP contribution is -2.50. The SMILES string of the molecule is CC(C)(C)CN1C(=O)OCC1(C)CO. The number of nitrogens with zero attached hydrogens (tertiary/aromatic N) is 1. The van der Waals surface area contributed by atoms with Gasteiger partial charge in [-0.05, 0) is 12.3 Å². The van der Waals surface area contributed by atoms with Crippen LogP contribution in [0.15, 0.2) is 0 Å². The largest absolute Gasteiger partial charge is 0.447 e. The van der Waals surface area contributed by atoms with Crippen LogP contribution >= 0.6 is 0 Å². The molecule has 0 radical (unpaired) electrons. The van der Waals surface area contributed by atoms with Crippen LogP contribution in [0, 0.1) is 5.41 Å². The van der Waals surface area contributed by atoms with Crippen LogP contribution in [-0.2, 0) is 4.74 Å². The summed E-state index contributed by atoms with van der Waals surface area (Å²) in [6, 6.07) is 0. The van der Waals surface area contributed by atoms with E-state index < -0.39 is 5.54 Å². The topological polar surface area (TPSA) is 49.8 Å². The number of cyclic esters (lactones) is 1. The van der Waals surface area contributed by atoms with E-state index in [-0.39, 0.29) is 24.7 Å². The standard InChI is InChI=1S/C10H19NO3/c1-9(2,3)5-11-8(13)14-7-10(11,4)6-12/h12H,5-7H2,1-4H3. The van der Waals surface area contributed by atoms with Gasteiger partial charge in [-0.15, -0.1) is 0 Å². The molecule has 0 aliphatic carbocycles. The van der Waals surface area contributed by atoms with E-state index in [4.69, 9.17) is 4.74 Å². The summed E-state index contributed by atoms with van der Waals surface area (Å²) in [5.41, 5.74) is -0.538. The van der Waals surface area contributed by atoms with Crippen molar-refractivity contribution in [1.29, 1.82) is 0 Å². The number of hydrogen-bond donors (Lipinski definition) is 1. The first-order chi connectivity index (χ1) is 6.28. The van der Waals surface area contributed by atoms with Crippen molar-refractivity contribution in [2.24, 2.45) is 5.41 Å². The Morgan fingerprint density at radius 1 is 1.57 bits per heavy atom. The van der Waals surface area contributed by atoms with Gasteiger partial charge in [0.05, 0.1) is 6.61 Å². The second kappa shape index (κ2) is 3.42. The minimum atomic E-state index is -0.551. The summed E-state index contributed by atoms with van der Waals surface area (Å²) in [5, 5.41) is 9.24. The minimum Gasteiger partial charge on any atom is -0.447 e. The maximum atomic E-state index is 11.4. The number of carbonyl (C=O) groups excluding carboxylic acids is 1. The van der Waals surface area contributed by atoms with Gasteiger partial charge in [0.25, 0.3) is 0 Å². The smallest absolute Gasteiger partial charge is 0.410 e. The highest BCUT2D eigenvalue weighted by molar-refractivity contribution is 5.71. The van der Waals surface area contributed by atoms with Gasteiger partial charge in [-0.3, -0.25) is 4.90 Å². The van der Waals surface area contributed by atoms with Crippen molar-refractivity contribution in [2.75, 3.05) is 19.8 Å². The Bertz CT molecular complexity index is 234. The lowest BCUT2D eigenvalue weighted by molar-refractivity contribution is 0.0785. The fourth-order valence-corrected chi connectivity index (χ4v) is 1.45. The Labute approximate surface area is 84.8 Å². The van der Waals surface area contributed by atoms with Crippen molar-refractivity contribution in [2.45, 2.75) is 33.2 Å². The predicted octanol–water partition coefficient (Wildman–Crippen LogP) is 1.24. The van der Waals surface area contributed by atoms with Gasteiger partial charge in [-0.2, -0.15) is 0 Å². The van der Waals surface area contributed by atoms with Crippen LogP contribution in [0.5, 0.6) is 0 Å². The fraction of sp³-hybridized carbons (Fsp3) is 0.900. The zero-order chi connectivity index (χ0) is 11.0. The minimum absolute atomic E-state index is 0.0137. The van der Waals surface area contributed by atoms with E-state index in [1.807, 2.05) is 6.92 Å². The van der Waals surface area contributed by atoms with Crippen LogP contribution in [0.1, 0.15) is 27.7 Å². The maximum Gasteiger partial charge on any atom is 0.410 e. The first kappa shape index (κ1) is 11.3. The van der Waals surface area contributed by atoms with Gasteiger partial charge in [-0.25, -0.2) is 4.79 Å². The van der Waals surface area contributed by atoms with E-state index in [1.165, 1.54) is 0 Å². The van der Waals surface area contributed by atoms with Crippen LogP contribution < -0.4 is 0 Å². The van der Waals surface area contributed by atoms with Gasteiger partial charge in [0.2, 0.25) is 0 Å². The highest BCUT2D eigenvalue weighted by atomic mass is 16.6. The first-order valence-corrected chi connectivity index (χ1v) is 4.84. The zero-order valence-electron chi connectivity index (χ0n) is 9.33. The first-order valence-electron chi connectivity index (χ1n) is 4.84. The molecule has 1 aliphatic heterocycles. The molecule has 82 valence electrons. The Hall–Kier alpha value is -0.770. The molecule has 0 aromatic heterocycles. The molecule has 0 saturated carbocycles. The third kappa shape index (κ3) is 2.18. The summed E-state index contributed by atoms with van der Waals surface area (Å²) in [6.45, 7) is 8.81. The van der Waals surface area contributed by atoms with Crippen molar-refractivity contribution in [3.63, 3.8) is 0 Å². The maximum absolute atomic E-state index is 11.4. The Morgan fingerprint density at radius 2 is 2.14 bits per heavy atom. The molecule has 1 saturated heterocycles. The molecule has 0 aromatic rings. The van der Waals surface area contributed by atoms with Gasteiger partial charge in [0.1, 0.15) is 12.1 Å². The average molecular weight is 201 g/mol. The van der Waals surface area contributed by atoms with Crippen molar-refractivity contribution in [1.82, 2.24) is 4.90 Å². The molecular formula is C10H19NO3. The Balaban J connectivity index is 2.78. The van der Waals surface area contributed by atoms with Crippen LogP contribution in [0.25, 0.3) is 0 Å². The third-order valence-electron chi connectivity index (χ3n) is 2.35. The molecular weight excluding hydrogens is 182 g/mol. The summed E-state index contributed by atoms with van der Waals surface area (Å²) in [6.07, 6.45) is -0.323. The van der Waals surface area contributed by atoms with Crippen molar-refractivity contribution in [3.8, 4) is 0 Å². The summed E-state index contributed by atoms with van der Waals surface area (Å²) in [7, 11) is 0. The second-order valence-electron chi connectivity index (χ2n) is 5.36. The van der Waals surface area contributed by atoms with Gasteiger partial charge in [0.15, 0.2) is 0 Å². The second-order valence-corrected chi connectivity index (χ2v) is 5.36. The van der Waals surface area contributed by atoms with E-state index in [0.717, 1.165) is 0 Å². The lowest BCUT2D eigenvalue weighted by Gasteiger charge is -2.34. The van der Waals surface area contributed by atoms with Crippen LogP contribution in [-0.4, -0.2) is 41.4 Å².